The van der Waals surface area contributed by atoms with Crippen molar-refractivity contribution in [3.8, 4) is 0 Å². The average molecular weight is 412 g/mol. The molecular formula is C16H18BrN3O3S. The van der Waals surface area contributed by atoms with E-state index in [0.717, 1.165) is 4.47 Å². The number of benzene rings is 1. The van der Waals surface area contributed by atoms with E-state index >= 15 is 0 Å². The summed E-state index contributed by atoms with van der Waals surface area (Å²) in [6.07, 6.45) is 0. The Kier molecular flexibility index (Phi) is 6.33. The predicted octanol–water partition coefficient (Wildman–Crippen LogP) is 4.13. The standard InChI is InChI=1S/C16H18BrN3O3S/c1-10(2)20(8-14-18-13(9-24-14)15(21)23-3)16(22)19-12-7-5-4-6-11(12)17/h4-7,9-10H,8H2,1-3H3,(H,19,22). The molecule has 2 aromatic rings. The van der Waals surface area contributed by atoms with Gasteiger partial charge in [-0.15, -0.1) is 11.3 Å². The number of amides is 2. The highest BCUT2D eigenvalue weighted by molar-refractivity contribution is 9.10. The zero-order valence-corrected chi connectivity index (χ0v) is 16.0. The number of urea groups is 1. The summed E-state index contributed by atoms with van der Waals surface area (Å²) >= 11 is 4.73. The minimum absolute atomic E-state index is 0.0297. The van der Waals surface area contributed by atoms with Crippen LogP contribution in [-0.4, -0.2) is 35.0 Å². The van der Waals surface area contributed by atoms with Gasteiger partial charge >= 0.3 is 12.0 Å². The molecule has 0 saturated heterocycles. The quantitative estimate of drug-likeness (QED) is 0.750. The number of halogens is 1. The van der Waals surface area contributed by atoms with Gasteiger partial charge in [0, 0.05) is 15.9 Å². The summed E-state index contributed by atoms with van der Waals surface area (Å²) in [5.74, 6) is -0.480. The Morgan fingerprint density at radius 2 is 2.08 bits per heavy atom. The van der Waals surface area contributed by atoms with Crippen LogP contribution in [-0.2, 0) is 11.3 Å². The van der Waals surface area contributed by atoms with E-state index in [0.29, 0.717) is 17.2 Å². The van der Waals surface area contributed by atoms with E-state index in [2.05, 4.69) is 31.0 Å². The molecule has 128 valence electrons. The maximum absolute atomic E-state index is 12.6. The minimum Gasteiger partial charge on any atom is -0.464 e. The molecule has 0 aliphatic rings. The maximum atomic E-state index is 12.6. The number of nitrogens with zero attached hydrogens (tertiary/aromatic N) is 2. The lowest BCUT2D eigenvalue weighted by Gasteiger charge is -2.26. The van der Waals surface area contributed by atoms with Crippen molar-refractivity contribution < 1.29 is 14.3 Å². The number of para-hydroxylation sites is 1. The lowest BCUT2D eigenvalue weighted by molar-refractivity contribution is 0.0594. The number of carbonyl (C=O) groups excluding carboxylic acids is 2. The summed E-state index contributed by atoms with van der Waals surface area (Å²) in [7, 11) is 1.31. The zero-order valence-electron chi connectivity index (χ0n) is 13.6. The molecule has 6 nitrogen and oxygen atoms in total. The number of carbonyl (C=O) groups is 2. The smallest absolute Gasteiger partial charge is 0.357 e. The zero-order chi connectivity index (χ0) is 17.7. The van der Waals surface area contributed by atoms with Crippen molar-refractivity contribution in [1.29, 1.82) is 0 Å². The molecule has 0 aliphatic carbocycles. The van der Waals surface area contributed by atoms with Gasteiger partial charge in [-0.3, -0.25) is 0 Å². The van der Waals surface area contributed by atoms with Crippen molar-refractivity contribution in [2.24, 2.45) is 0 Å². The summed E-state index contributed by atoms with van der Waals surface area (Å²) < 4.78 is 5.46. The van der Waals surface area contributed by atoms with Crippen molar-refractivity contribution in [1.82, 2.24) is 9.88 Å². The van der Waals surface area contributed by atoms with Crippen molar-refractivity contribution in [2.75, 3.05) is 12.4 Å². The Bertz CT molecular complexity index is 733. The first-order valence-corrected chi connectivity index (χ1v) is 8.94. The molecule has 0 bridgehead atoms. The first kappa shape index (κ1) is 18.4. The van der Waals surface area contributed by atoms with Crippen molar-refractivity contribution in [2.45, 2.75) is 26.4 Å². The van der Waals surface area contributed by atoms with Gasteiger partial charge in [-0.25, -0.2) is 14.6 Å². The monoisotopic (exact) mass is 411 g/mol. The molecule has 1 N–H and O–H groups in total. The fraction of sp³-hybridized carbons (Fsp3) is 0.312. The number of esters is 1. The number of nitrogens with one attached hydrogen (secondary N) is 1. The van der Waals surface area contributed by atoms with Crippen LogP contribution >= 0.6 is 27.3 Å². The second kappa shape index (κ2) is 8.25. The molecule has 0 aliphatic heterocycles. The van der Waals surface area contributed by atoms with Gasteiger partial charge in [0.15, 0.2) is 5.69 Å². The van der Waals surface area contributed by atoms with Gasteiger partial charge in [-0.05, 0) is 41.9 Å². The fourth-order valence-electron chi connectivity index (χ4n) is 1.97. The normalized spacial score (nSPS) is 10.5. The van der Waals surface area contributed by atoms with Crippen molar-refractivity contribution in [3.63, 3.8) is 0 Å². The Morgan fingerprint density at radius 1 is 1.38 bits per heavy atom. The van der Waals surface area contributed by atoms with E-state index < -0.39 is 5.97 Å². The number of methoxy groups -OCH3 is 1. The van der Waals surface area contributed by atoms with Gasteiger partial charge < -0.3 is 15.0 Å². The predicted molar refractivity (Wildman–Crippen MR) is 97.3 cm³/mol. The number of thiazole rings is 1. The average Bonchev–Trinajstić information content (AvgIpc) is 3.02. The summed E-state index contributed by atoms with van der Waals surface area (Å²) in [4.78, 5) is 29.9. The number of anilines is 1. The first-order valence-electron chi connectivity index (χ1n) is 7.27. The number of aromatic nitrogens is 1. The van der Waals surface area contributed by atoms with Crippen LogP contribution < -0.4 is 5.32 Å². The van der Waals surface area contributed by atoms with Gasteiger partial charge in [0.1, 0.15) is 5.01 Å². The number of hydrogen-bond acceptors (Lipinski definition) is 5. The maximum Gasteiger partial charge on any atom is 0.357 e. The fourth-order valence-corrected chi connectivity index (χ4v) is 3.11. The van der Waals surface area contributed by atoms with Crippen LogP contribution in [0.5, 0.6) is 0 Å². The van der Waals surface area contributed by atoms with Gasteiger partial charge in [0.05, 0.1) is 19.3 Å². The molecule has 8 heteroatoms. The topological polar surface area (TPSA) is 71.5 Å². The van der Waals surface area contributed by atoms with Crippen LogP contribution in [0.1, 0.15) is 29.3 Å². The second-order valence-electron chi connectivity index (χ2n) is 5.25. The molecule has 1 heterocycles. The van der Waals surface area contributed by atoms with E-state index in [1.807, 2.05) is 38.1 Å². The number of hydrogen-bond donors (Lipinski definition) is 1. The molecule has 0 saturated carbocycles. The molecule has 1 aromatic heterocycles. The lowest BCUT2D eigenvalue weighted by Crippen LogP contribution is -2.39. The highest BCUT2D eigenvalue weighted by Gasteiger charge is 2.20. The molecule has 0 atom stereocenters. The van der Waals surface area contributed by atoms with Crippen LogP contribution in [0.25, 0.3) is 0 Å². The van der Waals surface area contributed by atoms with E-state index in [1.165, 1.54) is 18.4 Å². The Hall–Kier alpha value is -1.93. The summed E-state index contributed by atoms with van der Waals surface area (Å²) in [6, 6.07) is 7.15. The molecule has 1 aromatic carbocycles. The number of rotatable bonds is 5. The molecule has 0 radical (unpaired) electrons. The minimum atomic E-state index is -0.480. The van der Waals surface area contributed by atoms with Crippen LogP contribution in [0.2, 0.25) is 0 Å². The molecule has 0 spiro atoms. The highest BCUT2D eigenvalue weighted by Crippen LogP contribution is 2.22. The van der Waals surface area contributed by atoms with Crippen molar-refractivity contribution in [3.05, 3.63) is 44.8 Å². The van der Waals surface area contributed by atoms with Crippen LogP contribution in [0.4, 0.5) is 10.5 Å². The lowest BCUT2D eigenvalue weighted by atomic mass is 10.3. The highest BCUT2D eigenvalue weighted by atomic mass is 79.9. The van der Waals surface area contributed by atoms with E-state index in [1.54, 1.807) is 10.3 Å². The third kappa shape index (κ3) is 4.55. The van der Waals surface area contributed by atoms with Crippen molar-refractivity contribution >= 4 is 45.0 Å². The molecule has 0 unspecified atom stereocenters. The summed E-state index contributed by atoms with van der Waals surface area (Å²) in [5.41, 5.74) is 0.954. The Balaban J connectivity index is 2.11. The van der Waals surface area contributed by atoms with Gasteiger partial charge in [0.25, 0.3) is 0 Å². The van der Waals surface area contributed by atoms with E-state index in [-0.39, 0.29) is 17.8 Å². The SMILES string of the molecule is COC(=O)c1csc(CN(C(=O)Nc2ccccc2Br)C(C)C)n1. The molecular weight excluding hydrogens is 394 g/mol. The first-order chi connectivity index (χ1) is 11.4. The summed E-state index contributed by atoms with van der Waals surface area (Å²) in [5, 5.41) is 5.18. The largest absolute Gasteiger partial charge is 0.464 e. The molecule has 0 fully saturated rings. The van der Waals surface area contributed by atoms with Gasteiger partial charge in [-0.1, -0.05) is 12.1 Å². The molecule has 2 rings (SSSR count). The molecule has 2 amide bonds. The van der Waals surface area contributed by atoms with E-state index in [4.69, 9.17) is 0 Å². The van der Waals surface area contributed by atoms with Gasteiger partial charge in [0.2, 0.25) is 0 Å². The Labute approximate surface area is 153 Å². The van der Waals surface area contributed by atoms with Gasteiger partial charge in [-0.2, -0.15) is 0 Å². The molecule has 24 heavy (non-hydrogen) atoms. The summed E-state index contributed by atoms with van der Waals surface area (Å²) in [6.45, 7) is 4.17. The van der Waals surface area contributed by atoms with E-state index in [9.17, 15) is 9.59 Å². The number of ether oxygens (including phenoxy) is 1. The Morgan fingerprint density at radius 3 is 2.71 bits per heavy atom. The third-order valence-electron chi connectivity index (χ3n) is 3.25. The second-order valence-corrected chi connectivity index (χ2v) is 7.05. The third-order valence-corrected chi connectivity index (χ3v) is 4.78. The van der Waals surface area contributed by atoms with Crippen LogP contribution in [0.3, 0.4) is 0 Å². The van der Waals surface area contributed by atoms with Crippen LogP contribution in [0, 0.1) is 0 Å². The van der Waals surface area contributed by atoms with Crippen LogP contribution in [0.15, 0.2) is 34.1 Å².